The lowest BCUT2D eigenvalue weighted by Crippen LogP contribution is -2.18. The van der Waals surface area contributed by atoms with Crippen LogP contribution in [0.3, 0.4) is 0 Å². The third kappa shape index (κ3) is 2.93. The molecule has 0 spiro atoms. The number of allylic oxidation sites excluding steroid dienone is 3. The fraction of sp³-hybridized carbons (Fsp3) is 0.412. The first-order valence-electron chi connectivity index (χ1n) is 6.87. The van der Waals surface area contributed by atoms with Gasteiger partial charge >= 0.3 is 0 Å². The Bertz CT molecular complexity index is 560. The Balaban J connectivity index is 2.57. The van der Waals surface area contributed by atoms with Crippen molar-refractivity contribution in [3.8, 4) is 11.5 Å². The van der Waals surface area contributed by atoms with E-state index in [4.69, 9.17) is 0 Å². The van der Waals surface area contributed by atoms with E-state index < -0.39 is 0 Å². The third-order valence-corrected chi connectivity index (χ3v) is 4.69. The van der Waals surface area contributed by atoms with Gasteiger partial charge in [0.25, 0.3) is 0 Å². The van der Waals surface area contributed by atoms with Crippen LogP contribution in [0.1, 0.15) is 43.7 Å². The maximum atomic E-state index is 10.3. The van der Waals surface area contributed by atoms with Crippen molar-refractivity contribution < 1.29 is 10.2 Å². The zero-order chi connectivity index (χ0) is 14.9. The Morgan fingerprint density at radius 3 is 2.70 bits per heavy atom. The van der Waals surface area contributed by atoms with Crippen LogP contribution in [0.4, 0.5) is 0 Å². The second-order valence-corrected chi connectivity index (χ2v) is 6.26. The normalized spacial score (nSPS) is 22.4. The maximum Gasteiger partial charge on any atom is 0.123 e. The Morgan fingerprint density at radius 1 is 1.40 bits per heavy atom. The van der Waals surface area contributed by atoms with Gasteiger partial charge in [0, 0.05) is 22.9 Å². The number of benzene rings is 1. The highest BCUT2D eigenvalue weighted by Crippen LogP contribution is 2.45. The summed E-state index contributed by atoms with van der Waals surface area (Å²) in [5.74, 6) is 0.743. The van der Waals surface area contributed by atoms with Crippen LogP contribution in [0.25, 0.3) is 0 Å². The van der Waals surface area contributed by atoms with Crippen molar-refractivity contribution in [2.24, 2.45) is 5.92 Å². The highest BCUT2D eigenvalue weighted by Gasteiger charge is 2.29. The molecule has 20 heavy (non-hydrogen) atoms. The molecule has 1 aliphatic carbocycles. The van der Waals surface area contributed by atoms with E-state index in [0.29, 0.717) is 11.2 Å². The van der Waals surface area contributed by atoms with Crippen molar-refractivity contribution in [3.63, 3.8) is 0 Å². The van der Waals surface area contributed by atoms with Gasteiger partial charge in [-0.1, -0.05) is 39.7 Å². The molecular formula is C17H21BrO2. The molecule has 2 atom stereocenters. The average molecular weight is 337 g/mol. The van der Waals surface area contributed by atoms with E-state index in [1.807, 2.05) is 0 Å². The van der Waals surface area contributed by atoms with Crippen molar-refractivity contribution in [1.82, 2.24) is 0 Å². The number of hydrogen-bond donors (Lipinski definition) is 2. The van der Waals surface area contributed by atoms with Gasteiger partial charge in [-0.25, -0.2) is 0 Å². The minimum atomic E-state index is 0.101. The molecule has 0 saturated heterocycles. The molecule has 0 amide bonds. The molecule has 0 aliphatic heterocycles. The number of rotatable bonds is 3. The van der Waals surface area contributed by atoms with Gasteiger partial charge in [0.15, 0.2) is 0 Å². The number of phenols is 2. The van der Waals surface area contributed by atoms with Crippen molar-refractivity contribution in [3.05, 3.63) is 47.1 Å². The van der Waals surface area contributed by atoms with Crippen LogP contribution in [-0.4, -0.2) is 10.2 Å². The summed E-state index contributed by atoms with van der Waals surface area (Å²) in [5, 5.41) is 20.6. The van der Waals surface area contributed by atoms with Crippen molar-refractivity contribution in [2.75, 3.05) is 0 Å². The van der Waals surface area contributed by atoms with Gasteiger partial charge in [-0.05, 0) is 44.2 Å². The Morgan fingerprint density at radius 2 is 2.10 bits per heavy atom. The Labute approximate surface area is 129 Å². The molecule has 2 rings (SSSR count). The van der Waals surface area contributed by atoms with E-state index in [1.54, 1.807) is 6.07 Å². The molecule has 0 fully saturated rings. The lowest BCUT2D eigenvalue weighted by atomic mass is 9.73. The van der Waals surface area contributed by atoms with Crippen LogP contribution in [-0.2, 0) is 5.33 Å². The van der Waals surface area contributed by atoms with Crippen LogP contribution in [0.5, 0.6) is 11.5 Å². The largest absolute Gasteiger partial charge is 0.508 e. The number of phenolic OH excluding ortho intramolecular Hbond substituents is 2. The fourth-order valence-corrected chi connectivity index (χ4v) is 3.55. The minimum absolute atomic E-state index is 0.101. The smallest absolute Gasteiger partial charge is 0.123 e. The Kier molecular flexibility index (Phi) is 4.59. The predicted molar refractivity (Wildman–Crippen MR) is 86.4 cm³/mol. The highest BCUT2D eigenvalue weighted by molar-refractivity contribution is 9.08. The molecule has 108 valence electrons. The molecule has 1 aromatic carbocycles. The molecule has 1 aliphatic rings. The molecule has 0 aromatic heterocycles. The predicted octanol–water partition coefficient (Wildman–Crippen LogP) is 5.01. The number of hydrogen-bond acceptors (Lipinski definition) is 2. The van der Waals surface area contributed by atoms with Crippen molar-refractivity contribution in [2.45, 2.75) is 37.9 Å². The summed E-state index contributed by atoms with van der Waals surface area (Å²) in [6, 6.07) is 3.14. The molecule has 0 bridgehead atoms. The van der Waals surface area contributed by atoms with Crippen LogP contribution in [0.15, 0.2) is 35.9 Å². The van der Waals surface area contributed by atoms with Crippen molar-refractivity contribution >= 4 is 15.9 Å². The van der Waals surface area contributed by atoms with E-state index >= 15 is 0 Å². The first-order chi connectivity index (χ1) is 9.43. The molecule has 0 radical (unpaired) electrons. The summed E-state index contributed by atoms with van der Waals surface area (Å²) in [5.41, 5.74) is 4.34. The van der Waals surface area contributed by atoms with Gasteiger partial charge in [-0.2, -0.15) is 0 Å². The highest BCUT2D eigenvalue weighted by atomic mass is 79.9. The second kappa shape index (κ2) is 6.04. The zero-order valence-corrected chi connectivity index (χ0v) is 13.6. The Hall–Kier alpha value is -1.22. The zero-order valence-electron chi connectivity index (χ0n) is 12.0. The average Bonchev–Trinajstić information content (AvgIpc) is 2.37. The monoisotopic (exact) mass is 336 g/mol. The fourth-order valence-electron chi connectivity index (χ4n) is 3.08. The lowest BCUT2D eigenvalue weighted by molar-refractivity contribution is 0.424. The van der Waals surface area contributed by atoms with E-state index in [0.717, 1.165) is 29.5 Å². The molecule has 2 nitrogen and oxygen atoms in total. The molecule has 1 aromatic rings. The van der Waals surface area contributed by atoms with Gasteiger partial charge in [0.2, 0.25) is 0 Å². The molecule has 0 heterocycles. The molecule has 0 unspecified atom stereocenters. The number of halogens is 1. The molecule has 2 N–H and O–H groups in total. The van der Waals surface area contributed by atoms with E-state index in [9.17, 15) is 10.2 Å². The summed E-state index contributed by atoms with van der Waals surface area (Å²) in [6.07, 6.45) is 4.38. The minimum Gasteiger partial charge on any atom is -0.508 e. The lowest BCUT2D eigenvalue weighted by Gasteiger charge is -2.32. The van der Waals surface area contributed by atoms with Gasteiger partial charge in [-0.3, -0.25) is 0 Å². The van der Waals surface area contributed by atoms with Crippen LogP contribution in [0, 0.1) is 5.92 Å². The summed E-state index contributed by atoms with van der Waals surface area (Å²) >= 11 is 3.45. The molecule has 3 heteroatoms. The van der Waals surface area contributed by atoms with E-state index in [-0.39, 0.29) is 17.4 Å². The molecule has 0 saturated carbocycles. The van der Waals surface area contributed by atoms with Gasteiger partial charge < -0.3 is 10.2 Å². The quantitative estimate of drug-likeness (QED) is 0.601. The van der Waals surface area contributed by atoms with Crippen LogP contribution in [0.2, 0.25) is 0 Å². The van der Waals surface area contributed by atoms with E-state index in [1.165, 1.54) is 11.6 Å². The summed E-state index contributed by atoms with van der Waals surface area (Å²) in [7, 11) is 0. The summed E-state index contributed by atoms with van der Waals surface area (Å²) in [6.45, 7) is 8.30. The third-order valence-electron chi connectivity index (χ3n) is 4.09. The standard InChI is InChI=1S/C17H21BrO2/c1-10(2)14-5-4-11(3)6-15(14)17-12(9-18)7-13(19)8-16(17)20/h6-8,14-15,19-20H,1,4-5,9H2,2-3H3/t14-,15+/m0/s1. The topological polar surface area (TPSA) is 40.5 Å². The maximum absolute atomic E-state index is 10.3. The number of aromatic hydroxyl groups is 2. The molecular weight excluding hydrogens is 316 g/mol. The van der Waals surface area contributed by atoms with Gasteiger partial charge in [-0.15, -0.1) is 0 Å². The first kappa shape index (κ1) is 15.2. The van der Waals surface area contributed by atoms with Gasteiger partial charge in [0.1, 0.15) is 11.5 Å². The van der Waals surface area contributed by atoms with Crippen LogP contribution < -0.4 is 0 Å². The second-order valence-electron chi connectivity index (χ2n) is 5.70. The van der Waals surface area contributed by atoms with Gasteiger partial charge in [0.05, 0.1) is 0 Å². The van der Waals surface area contributed by atoms with E-state index in [2.05, 4.69) is 42.4 Å². The van der Waals surface area contributed by atoms with Crippen molar-refractivity contribution in [1.29, 1.82) is 0 Å². The number of alkyl halides is 1. The first-order valence-corrected chi connectivity index (χ1v) is 7.99. The summed E-state index contributed by atoms with van der Waals surface area (Å²) < 4.78 is 0. The SMILES string of the molecule is C=C(C)[C@@H]1CCC(C)=C[C@H]1c1c(O)cc(O)cc1CBr. The van der Waals surface area contributed by atoms with Crippen LogP contribution >= 0.6 is 15.9 Å². The summed E-state index contributed by atoms with van der Waals surface area (Å²) in [4.78, 5) is 0.